The van der Waals surface area contributed by atoms with Crippen molar-refractivity contribution < 1.29 is 28.6 Å². The van der Waals surface area contributed by atoms with Crippen LogP contribution in [-0.2, 0) is 9.53 Å². The maximum absolute atomic E-state index is 12.5. The maximum Gasteiger partial charge on any atom is 0.343 e. The van der Waals surface area contributed by atoms with Gasteiger partial charge in [0.25, 0.3) is 0 Å². The van der Waals surface area contributed by atoms with Crippen LogP contribution in [0.4, 0.5) is 0 Å². The molecule has 32 heavy (non-hydrogen) atoms. The van der Waals surface area contributed by atoms with Gasteiger partial charge in [0.05, 0.1) is 19.3 Å². The second-order valence-corrected chi connectivity index (χ2v) is 8.14. The predicted molar refractivity (Wildman–Crippen MR) is 125 cm³/mol. The minimum absolute atomic E-state index is 0.0630. The molecule has 0 unspecified atom stereocenters. The minimum atomic E-state index is -0.444. The standard InChI is InChI=1S/C25H30O6Si/c1-19-18-20(9-15-24(26)29-2)8-14-23(19)31-25(27)21-10-12-22(13-11-21)30-16-6-4-3-5-7-17-32-28/h8-15,18,28H,3-7,16-17H2,1-2H3/b15-9+. The molecule has 0 aliphatic heterocycles. The van der Waals surface area contributed by atoms with Crippen molar-refractivity contribution >= 4 is 27.8 Å². The SMILES string of the molecule is COC(=O)/C=C/c1ccc(OC(=O)c2ccc(OCCCCCCC[Si]O)cc2)c(C)c1. The number of hydrogen-bond acceptors (Lipinski definition) is 6. The van der Waals surface area contributed by atoms with Crippen LogP contribution in [0.2, 0.25) is 6.04 Å². The molecule has 0 aromatic heterocycles. The van der Waals surface area contributed by atoms with Gasteiger partial charge in [0.2, 0.25) is 9.76 Å². The van der Waals surface area contributed by atoms with Gasteiger partial charge in [-0.1, -0.05) is 31.7 Å². The molecular formula is C25H30O6Si. The van der Waals surface area contributed by atoms with Crippen molar-refractivity contribution in [2.45, 2.75) is 45.1 Å². The van der Waals surface area contributed by atoms with Gasteiger partial charge in [-0.15, -0.1) is 0 Å². The summed E-state index contributed by atoms with van der Waals surface area (Å²) in [7, 11) is 1.39. The Morgan fingerprint density at radius 1 is 1.00 bits per heavy atom. The van der Waals surface area contributed by atoms with Crippen molar-refractivity contribution in [3.8, 4) is 11.5 Å². The number of benzene rings is 2. The number of carbonyl (C=O) groups is 2. The molecule has 170 valence electrons. The molecule has 0 fully saturated rings. The molecule has 0 spiro atoms. The maximum atomic E-state index is 12.5. The van der Waals surface area contributed by atoms with E-state index in [4.69, 9.17) is 14.3 Å². The summed E-state index contributed by atoms with van der Waals surface area (Å²) in [6.07, 6.45) is 8.45. The van der Waals surface area contributed by atoms with E-state index in [9.17, 15) is 9.59 Å². The molecule has 2 aromatic rings. The van der Waals surface area contributed by atoms with Crippen LogP contribution in [0.3, 0.4) is 0 Å². The highest BCUT2D eigenvalue weighted by molar-refractivity contribution is 6.25. The Kier molecular flexibility index (Phi) is 11.3. The molecule has 2 radical (unpaired) electrons. The summed E-state index contributed by atoms with van der Waals surface area (Å²) in [5.41, 5.74) is 2.03. The first-order valence-electron chi connectivity index (χ1n) is 10.7. The lowest BCUT2D eigenvalue weighted by atomic mass is 10.1. The van der Waals surface area contributed by atoms with Crippen LogP contribution in [-0.4, -0.2) is 40.2 Å². The fraction of sp³-hybridized carbons (Fsp3) is 0.360. The molecular weight excluding hydrogens is 424 g/mol. The van der Waals surface area contributed by atoms with Crippen LogP contribution in [0.5, 0.6) is 11.5 Å². The second kappa shape index (κ2) is 14.2. The number of rotatable bonds is 13. The Labute approximate surface area is 192 Å². The van der Waals surface area contributed by atoms with Gasteiger partial charge < -0.3 is 19.0 Å². The Bertz CT molecular complexity index is 892. The van der Waals surface area contributed by atoms with Crippen LogP contribution in [0.1, 0.15) is 53.6 Å². The average Bonchev–Trinajstić information content (AvgIpc) is 2.81. The molecule has 0 atom stereocenters. The fourth-order valence-corrected chi connectivity index (χ4v) is 3.40. The molecule has 7 heteroatoms. The Hall–Kier alpha value is -2.90. The van der Waals surface area contributed by atoms with Gasteiger partial charge in [-0.2, -0.15) is 0 Å². The summed E-state index contributed by atoms with van der Waals surface area (Å²) in [6.45, 7) is 2.48. The number of hydrogen-bond donors (Lipinski definition) is 1. The lowest BCUT2D eigenvalue weighted by Gasteiger charge is -2.09. The van der Waals surface area contributed by atoms with E-state index >= 15 is 0 Å². The summed E-state index contributed by atoms with van der Waals surface area (Å²) in [5, 5.41) is 0. The monoisotopic (exact) mass is 454 g/mol. The molecule has 1 N–H and O–H groups in total. The smallest absolute Gasteiger partial charge is 0.343 e. The van der Waals surface area contributed by atoms with Crippen LogP contribution in [0.25, 0.3) is 6.08 Å². The van der Waals surface area contributed by atoms with Crippen LogP contribution in [0, 0.1) is 6.92 Å². The van der Waals surface area contributed by atoms with Gasteiger partial charge in [-0.3, -0.25) is 0 Å². The molecule has 2 aromatic carbocycles. The number of methoxy groups -OCH3 is 1. The van der Waals surface area contributed by atoms with E-state index in [0.717, 1.165) is 55.0 Å². The topological polar surface area (TPSA) is 82.1 Å². The van der Waals surface area contributed by atoms with Crippen LogP contribution in [0.15, 0.2) is 48.5 Å². The van der Waals surface area contributed by atoms with E-state index in [0.29, 0.717) is 17.9 Å². The van der Waals surface area contributed by atoms with Gasteiger partial charge in [0, 0.05) is 6.08 Å². The summed E-state index contributed by atoms with van der Waals surface area (Å²) < 4.78 is 15.8. The number of ether oxygens (including phenoxy) is 3. The van der Waals surface area contributed by atoms with Gasteiger partial charge >= 0.3 is 11.9 Å². The third-order valence-corrected chi connectivity index (χ3v) is 5.38. The van der Waals surface area contributed by atoms with Crippen molar-refractivity contribution in [3.05, 3.63) is 65.2 Å². The molecule has 0 heterocycles. The zero-order chi connectivity index (χ0) is 23.2. The average molecular weight is 455 g/mol. The molecule has 2 rings (SSSR count). The van der Waals surface area contributed by atoms with E-state index in [2.05, 4.69) is 4.74 Å². The van der Waals surface area contributed by atoms with Crippen LogP contribution >= 0.6 is 0 Å². The Morgan fingerprint density at radius 2 is 1.72 bits per heavy atom. The Balaban J connectivity index is 1.80. The molecule has 0 amide bonds. The quantitative estimate of drug-likeness (QED) is 0.154. The van der Waals surface area contributed by atoms with E-state index < -0.39 is 11.9 Å². The molecule has 0 saturated heterocycles. The van der Waals surface area contributed by atoms with E-state index in [1.165, 1.54) is 13.2 Å². The molecule has 0 saturated carbocycles. The summed E-state index contributed by atoms with van der Waals surface area (Å²) in [5.74, 6) is 0.312. The largest absolute Gasteiger partial charge is 0.494 e. The third-order valence-electron chi connectivity index (χ3n) is 4.81. The van der Waals surface area contributed by atoms with E-state index in [1.54, 1.807) is 42.5 Å². The molecule has 0 aliphatic rings. The summed E-state index contributed by atoms with van der Waals surface area (Å²) in [6, 6.07) is 13.1. The van der Waals surface area contributed by atoms with Crippen molar-refractivity contribution in [2.75, 3.05) is 13.7 Å². The van der Waals surface area contributed by atoms with Crippen molar-refractivity contribution in [1.82, 2.24) is 0 Å². The minimum Gasteiger partial charge on any atom is -0.494 e. The van der Waals surface area contributed by atoms with Gasteiger partial charge in [0.15, 0.2) is 0 Å². The lowest BCUT2D eigenvalue weighted by Crippen LogP contribution is -2.09. The zero-order valence-corrected chi connectivity index (χ0v) is 19.6. The van der Waals surface area contributed by atoms with Crippen molar-refractivity contribution in [3.63, 3.8) is 0 Å². The number of unbranched alkanes of at least 4 members (excludes halogenated alkanes) is 4. The molecule has 0 bridgehead atoms. The molecule has 6 nitrogen and oxygen atoms in total. The lowest BCUT2D eigenvalue weighted by molar-refractivity contribution is -0.134. The normalized spacial score (nSPS) is 10.8. The molecule has 0 aliphatic carbocycles. The van der Waals surface area contributed by atoms with Gasteiger partial charge in [-0.05, 0) is 73.0 Å². The first-order chi connectivity index (χ1) is 15.5. The first-order valence-corrected chi connectivity index (χ1v) is 11.9. The van der Waals surface area contributed by atoms with Crippen molar-refractivity contribution in [2.24, 2.45) is 0 Å². The highest BCUT2D eigenvalue weighted by atomic mass is 28.2. The third kappa shape index (κ3) is 9.07. The van der Waals surface area contributed by atoms with E-state index in [1.807, 2.05) is 13.0 Å². The number of esters is 2. The fourth-order valence-electron chi connectivity index (χ4n) is 3.00. The number of aryl methyl sites for hydroxylation is 1. The predicted octanol–water partition coefficient (Wildman–Crippen LogP) is 4.76. The summed E-state index contributed by atoms with van der Waals surface area (Å²) in [4.78, 5) is 32.5. The van der Waals surface area contributed by atoms with Crippen LogP contribution < -0.4 is 9.47 Å². The zero-order valence-electron chi connectivity index (χ0n) is 18.6. The Morgan fingerprint density at radius 3 is 2.41 bits per heavy atom. The van der Waals surface area contributed by atoms with E-state index in [-0.39, 0.29) is 9.76 Å². The highest BCUT2D eigenvalue weighted by Gasteiger charge is 2.11. The van der Waals surface area contributed by atoms with Gasteiger partial charge in [0.1, 0.15) is 11.5 Å². The highest BCUT2D eigenvalue weighted by Crippen LogP contribution is 2.22. The second-order valence-electron chi connectivity index (χ2n) is 7.32. The van der Waals surface area contributed by atoms with Gasteiger partial charge in [-0.25, -0.2) is 9.59 Å². The van der Waals surface area contributed by atoms with Crippen molar-refractivity contribution in [1.29, 1.82) is 0 Å². The number of carbonyl (C=O) groups excluding carboxylic acids is 2. The first kappa shape index (κ1) is 25.4. The summed E-state index contributed by atoms with van der Waals surface area (Å²) >= 11 is 0.